The molecule has 0 saturated carbocycles. The minimum Gasteiger partial charge on any atom is -0.326 e. The van der Waals surface area contributed by atoms with Crippen molar-refractivity contribution in [2.24, 2.45) is 5.41 Å². The molecule has 2 N–H and O–H groups in total. The summed E-state index contributed by atoms with van der Waals surface area (Å²) >= 11 is 5.80. The van der Waals surface area contributed by atoms with Crippen molar-refractivity contribution in [1.29, 1.82) is 0 Å². The number of benzene rings is 1. The molecule has 0 radical (unpaired) electrons. The Labute approximate surface area is 115 Å². The van der Waals surface area contributed by atoms with Gasteiger partial charge in [-0.1, -0.05) is 11.6 Å². The van der Waals surface area contributed by atoms with Crippen LogP contribution < -0.4 is 10.6 Å². The molecule has 1 aliphatic rings. The monoisotopic (exact) mass is 283 g/mol. The second kappa shape index (κ2) is 5.14. The number of carbonyl (C=O) groups is 1. The molecule has 6 nitrogen and oxygen atoms in total. The molecule has 1 atom stereocenters. The summed E-state index contributed by atoms with van der Waals surface area (Å²) < 4.78 is 0. The number of hydrogen-bond acceptors (Lipinski definition) is 4. The zero-order valence-corrected chi connectivity index (χ0v) is 11.2. The molecule has 102 valence electrons. The van der Waals surface area contributed by atoms with Crippen LogP contribution in [0.5, 0.6) is 0 Å². The van der Waals surface area contributed by atoms with Crippen LogP contribution >= 0.6 is 11.6 Å². The van der Waals surface area contributed by atoms with E-state index in [0.717, 1.165) is 13.0 Å². The van der Waals surface area contributed by atoms with Crippen molar-refractivity contribution in [3.05, 3.63) is 33.3 Å². The number of nitro groups is 1. The fourth-order valence-electron chi connectivity index (χ4n) is 2.03. The lowest BCUT2D eigenvalue weighted by molar-refractivity contribution is -0.384. The van der Waals surface area contributed by atoms with E-state index in [2.05, 4.69) is 10.6 Å². The molecule has 7 heteroatoms. The maximum absolute atomic E-state index is 12.1. The van der Waals surface area contributed by atoms with Crippen molar-refractivity contribution < 1.29 is 9.72 Å². The molecule has 2 rings (SSSR count). The Balaban J connectivity index is 2.13. The fraction of sp³-hybridized carbons (Fsp3) is 0.417. The lowest BCUT2D eigenvalue weighted by atomic mass is 9.89. The summed E-state index contributed by atoms with van der Waals surface area (Å²) in [6, 6.07) is 4.16. The average molecular weight is 284 g/mol. The smallest absolute Gasteiger partial charge is 0.288 e. The van der Waals surface area contributed by atoms with E-state index in [-0.39, 0.29) is 16.6 Å². The van der Waals surface area contributed by atoms with Crippen LogP contribution in [-0.4, -0.2) is 23.9 Å². The first-order valence-electron chi connectivity index (χ1n) is 5.88. The van der Waals surface area contributed by atoms with E-state index in [4.69, 9.17) is 11.6 Å². The molecule has 0 aromatic heterocycles. The molecule has 0 aliphatic carbocycles. The number of nitrogens with one attached hydrogen (secondary N) is 2. The van der Waals surface area contributed by atoms with E-state index in [9.17, 15) is 14.9 Å². The third-order valence-electron chi connectivity index (χ3n) is 3.32. The molecule has 1 aromatic rings. The van der Waals surface area contributed by atoms with Gasteiger partial charge in [-0.15, -0.1) is 0 Å². The van der Waals surface area contributed by atoms with Gasteiger partial charge in [0.15, 0.2) is 0 Å². The van der Waals surface area contributed by atoms with E-state index in [1.807, 2.05) is 6.92 Å². The second-order valence-corrected chi connectivity index (χ2v) is 5.27. The summed E-state index contributed by atoms with van der Waals surface area (Å²) in [5.74, 6) is -0.109. The van der Waals surface area contributed by atoms with Crippen molar-refractivity contribution in [3.63, 3.8) is 0 Å². The highest BCUT2D eigenvalue weighted by molar-refractivity contribution is 6.33. The Morgan fingerprint density at radius 2 is 2.32 bits per heavy atom. The number of hydrogen-bond donors (Lipinski definition) is 2. The zero-order valence-electron chi connectivity index (χ0n) is 10.4. The Kier molecular flexibility index (Phi) is 3.73. The van der Waals surface area contributed by atoms with Gasteiger partial charge in [-0.3, -0.25) is 14.9 Å². The highest BCUT2D eigenvalue weighted by atomic mass is 35.5. The van der Waals surface area contributed by atoms with Crippen LogP contribution in [0.1, 0.15) is 13.3 Å². The third kappa shape index (κ3) is 2.85. The van der Waals surface area contributed by atoms with Crippen LogP contribution in [0.4, 0.5) is 11.4 Å². The molecule has 0 spiro atoms. The molecule has 1 heterocycles. The first-order valence-corrected chi connectivity index (χ1v) is 6.26. The van der Waals surface area contributed by atoms with E-state index < -0.39 is 10.3 Å². The Morgan fingerprint density at radius 3 is 2.84 bits per heavy atom. The molecule has 1 unspecified atom stereocenters. The predicted octanol–water partition coefficient (Wildman–Crippen LogP) is 2.19. The highest BCUT2D eigenvalue weighted by Crippen LogP contribution is 2.30. The largest absolute Gasteiger partial charge is 0.326 e. The van der Waals surface area contributed by atoms with Crippen molar-refractivity contribution in [1.82, 2.24) is 5.32 Å². The Hall–Kier alpha value is -1.66. The van der Waals surface area contributed by atoms with Gasteiger partial charge in [-0.25, -0.2) is 0 Å². The number of halogens is 1. The molecule has 1 saturated heterocycles. The van der Waals surface area contributed by atoms with Crippen LogP contribution in [0.3, 0.4) is 0 Å². The van der Waals surface area contributed by atoms with Crippen LogP contribution in [0.25, 0.3) is 0 Å². The highest BCUT2D eigenvalue weighted by Gasteiger charge is 2.36. The SMILES string of the molecule is CC1(C(=O)Nc2ccc([N+](=O)[O-])c(Cl)c2)CCNC1. The molecular weight excluding hydrogens is 270 g/mol. The van der Waals surface area contributed by atoms with E-state index in [1.165, 1.54) is 18.2 Å². The summed E-state index contributed by atoms with van der Waals surface area (Å²) in [5.41, 5.74) is -0.157. The fourth-order valence-corrected chi connectivity index (χ4v) is 2.28. The van der Waals surface area contributed by atoms with E-state index in [1.54, 1.807) is 0 Å². The van der Waals surface area contributed by atoms with Crippen molar-refractivity contribution in [2.45, 2.75) is 13.3 Å². The van der Waals surface area contributed by atoms with Gasteiger partial charge in [0.25, 0.3) is 5.69 Å². The summed E-state index contributed by atoms with van der Waals surface area (Å²) in [5, 5.41) is 16.5. The Morgan fingerprint density at radius 1 is 1.58 bits per heavy atom. The van der Waals surface area contributed by atoms with Crippen LogP contribution in [-0.2, 0) is 4.79 Å². The average Bonchev–Trinajstić information content (AvgIpc) is 2.77. The van der Waals surface area contributed by atoms with Crippen molar-refractivity contribution in [3.8, 4) is 0 Å². The quantitative estimate of drug-likeness (QED) is 0.658. The summed E-state index contributed by atoms with van der Waals surface area (Å²) in [7, 11) is 0. The van der Waals surface area contributed by atoms with Gasteiger partial charge < -0.3 is 10.6 Å². The van der Waals surface area contributed by atoms with Gasteiger partial charge in [-0.05, 0) is 32.0 Å². The summed E-state index contributed by atoms with van der Waals surface area (Å²) in [6.07, 6.45) is 0.763. The van der Waals surface area contributed by atoms with Gasteiger partial charge >= 0.3 is 0 Å². The van der Waals surface area contributed by atoms with Crippen LogP contribution in [0, 0.1) is 15.5 Å². The van der Waals surface area contributed by atoms with Crippen LogP contribution in [0.2, 0.25) is 5.02 Å². The van der Waals surface area contributed by atoms with Gasteiger partial charge in [0.05, 0.1) is 10.3 Å². The first kappa shape index (κ1) is 13.8. The summed E-state index contributed by atoms with van der Waals surface area (Å²) in [6.45, 7) is 3.32. The Bertz CT molecular complexity index is 527. The van der Waals surface area contributed by atoms with Gasteiger partial charge in [0, 0.05) is 18.3 Å². The molecule has 0 bridgehead atoms. The number of amides is 1. The number of rotatable bonds is 3. The standard InChI is InChI=1S/C12H14ClN3O3/c1-12(4-5-14-7-12)11(17)15-8-2-3-10(16(18)19)9(13)6-8/h2-3,6,14H,4-5,7H2,1H3,(H,15,17). The van der Waals surface area contributed by atoms with E-state index >= 15 is 0 Å². The summed E-state index contributed by atoms with van der Waals surface area (Å²) in [4.78, 5) is 22.2. The number of carbonyl (C=O) groups excluding carboxylic acids is 1. The maximum Gasteiger partial charge on any atom is 0.288 e. The predicted molar refractivity (Wildman–Crippen MR) is 72.3 cm³/mol. The normalized spacial score (nSPS) is 22.2. The van der Waals surface area contributed by atoms with E-state index in [0.29, 0.717) is 12.2 Å². The number of anilines is 1. The van der Waals surface area contributed by atoms with Crippen molar-refractivity contribution in [2.75, 3.05) is 18.4 Å². The number of nitro benzene ring substituents is 1. The minimum atomic E-state index is -0.559. The minimum absolute atomic E-state index is 0.0116. The second-order valence-electron chi connectivity index (χ2n) is 4.86. The van der Waals surface area contributed by atoms with Gasteiger partial charge in [-0.2, -0.15) is 0 Å². The van der Waals surface area contributed by atoms with Gasteiger partial charge in [0.2, 0.25) is 5.91 Å². The molecule has 1 fully saturated rings. The number of nitrogens with zero attached hydrogens (tertiary/aromatic N) is 1. The third-order valence-corrected chi connectivity index (χ3v) is 3.62. The zero-order chi connectivity index (χ0) is 14.0. The first-order chi connectivity index (χ1) is 8.92. The maximum atomic E-state index is 12.1. The van der Waals surface area contributed by atoms with Crippen molar-refractivity contribution >= 4 is 28.9 Å². The van der Waals surface area contributed by atoms with Gasteiger partial charge in [0.1, 0.15) is 5.02 Å². The molecular formula is C12H14ClN3O3. The molecule has 19 heavy (non-hydrogen) atoms. The topological polar surface area (TPSA) is 84.3 Å². The molecule has 1 aromatic carbocycles. The molecule has 1 amide bonds. The van der Waals surface area contributed by atoms with Crippen LogP contribution in [0.15, 0.2) is 18.2 Å². The lowest BCUT2D eigenvalue weighted by Crippen LogP contribution is -2.35. The lowest BCUT2D eigenvalue weighted by Gasteiger charge is -2.21. The molecule has 1 aliphatic heterocycles.